The second kappa shape index (κ2) is 4.61. The number of benzene rings is 1. The van der Waals surface area contributed by atoms with E-state index in [-0.39, 0.29) is 0 Å². The fraction of sp³-hybridized carbons (Fsp3) is 0.684. The molecular weight excluding hydrogens is 270 g/mol. The van der Waals surface area contributed by atoms with E-state index in [9.17, 15) is 0 Å². The van der Waals surface area contributed by atoms with Crippen LogP contribution < -0.4 is 4.57 Å². The topological polar surface area (TPSA) is 3.24 Å². The summed E-state index contributed by atoms with van der Waals surface area (Å²) >= 11 is 0. The average Bonchev–Trinajstić information content (AvgIpc) is 2.36. The van der Waals surface area contributed by atoms with E-state index in [0.717, 1.165) is 17.8 Å². The SMILES string of the molecule is C[Si](C)(C)N(c1ccccc1)C12CC3CC(CC(C3)C1)C2. The Morgan fingerprint density at radius 2 is 1.33 bits per heavy atom. The molecule has 4 fully saturated rings. The van der Waals surface area contributed by atoms with Gasteiger partial charge in [0.25, 0.3) is 0 Å². The molecule has 0 aliphatic heterocycles. The van der Waals surface area contributed by atoms with Crippen LogP contribution in [0.2, 0.25) is 19.6 Å². The zero-order chi connectivity index (χ0) is 14.7. The van der Waals surface area contributed by atoms with Crippen molar-refractivity contribution in [3.63, 3.8) is 0 Å². The minimum atomic E-state index is -1.38. The first-order chi connectivity index (χ1) is 9.96. The van der Waals surface area contributed by atoms with Crippen molar-refractivity contribution in [2.45, 2.75) is 63.7 Å². The molecule has 2 heteroatoms. The van der Waals surface area contributed by atoms with Gasteiger partial charge in [0.05, 0.1) is 0 Å². The van der Waals surface area contributed by atoms with Crippen molar-refractivity contribution in [1.29, 1.82) is 0 Å². The van der Waals surface area contributed by atoms with Crippen molar-refractivity contribution in [2.75, 3.05) is 4.57 Å². The van der Waals surface area contributed by atoms with E-state index in [1.165, 1.54) is 44.2 Å². The van der Waals surface area contributed by atoms with Crippen molar-refractivity contribution >= 4 is 13.9 Å². The molecule has 5 rings (SSSR count). The second-order valence-corrected chi connectivity index (χ2v) is 13.8. The lowest BCUT2D eigenvalue weighted by Gasteiger charge is -2.64. The van der Waals surface area contributed by atoms with Gasteiger partial charge in [0.1, 0.15) is 8.24 Å². The van der Waals surface area contributed by atoms with Gasteiger partial charge in [-0.05, 0) is 68.4 Å². The first kappa shape index (κ1) is 13.9. The third-order valence-corrected chi connectivity index (χ3v) is 8.24. The zero-order valence-corrected chi connectivity index (χ0v) is 14.8. The lowest BCUT2D eigenvalue weighted by atomic mass is 9.53. The van der Waals surface area contributed by atoms with Crippen molar-refractivity contribution in [2.24, 2.45) is 17.8 Å². The molecule has 4 bridgehead atoms. The summed E-state index contributed by atoms with van der Waals surface area (Å²) in [5, 5.41) is 0. The summed E-state index contributed by atoms with van der Waals surface area (Å²) in [7, 11) is -1.38. The molecule has 21 heavy (non-hydrogen) atoms. The minimum absolute atomic E-state index is 0.501. The van der Waals surface area contributed by atoms with E-state index >= 15 is 0 Å². The highest BCUT2D eigenvalue weighted by Crippen LogP contribution is 2.59. The molecule has 0 atom stereocenters. The van der Waals surface area contributed by atoms with Crippen molar-refractivity contribution in [1.82, 2.24) is 0 Å². The molecule has 4 saturated carbocycles. The summed E-state index contributed by atoms with van der Waals surface area (Å²) in [4.78, 5) is 0. The molecule has 0 radical (unpaired) electrons. The fourth-order valence-electron chi connectivity index (χ4n) is 6.29. The van der Waals surface area contributed by atoms with E-state index in [0.29, 0.717) is 5.54 Å². The van der Waals surface area contributed by atoms with E-state index < -0.39 is 8.24 Å². The molecule has 4 aliphatic rings. The van der Waals surface area contributed by atoms with Gasteiger partial charge in [0.2, 0.25) is 0 Å². The van der Waals surface area contributed by atoms with Crippen LogP contribution in [-0.4, -0.2) is 13.8 Å². The Bertz CT molecular complexity index is 481. The molecule has 1 nitrogen and oxygen atoms in total. The third kappa shape index (κ3) is 2.26. The highest BCUT2D eigenvalue weighted by molar-refractivity contribution is 6.80. The van der Waals surface area contributed by atoms with Crippen LogP contribution in [-0.2, 0) is 0 Å². The van der Waals surface area contributed by atoms with E-state index in [1.54, 1.807) is 0 Å². The van der Waals surface area contributed by atoms with E-state index in [1.807, 2.05) is 0 Å². The predicted molar refractivity (Wildman–Crippen MR) is 93.2 cm³/mol. The van der Waals surface area contributed by atoms with Gasteiger partial charge in [-0.3, -0.25) is 0 Å². The fourth-order valence-corrected chi connectivity index (χ4v) is 8.91. The quantitative estimate of drug-likeness (QED) is 0.685. The second-order valence-electron chi connectivity index (χ2n) is 8.98. The average molecular weight is 300 g/mol. The molecule has 0 heterocycles. The lowest BCUT2D eigenvalue weighted by molar-refractivity contribution is 0.00215. The number of rotatable bonds is 3. The van der Waals surface area contributed by atoms with Crippen LogP contribution >= 0.6 is 0 Å². The molecule has 4 aliphatic carbocycles. The standard InChI is InChI=1S/C19H29NSi/c1-21(2,3)20(18-7-5-4-6-8-18)19-12-15-9-16(13-19)11-17(10-15)14-19/h4-8,15-17H,9-14H2,1-3H3. The Labute approximate surface area is 130 Å². The molecule has 1 aromatic carbocycles. The Morgan fingerprint density at radius 3 is 1.76 bits per heavy atom. The first-order valence-corrected chi connectivity index (χ1v) is 12.3. The highest BCUT2D eigenvalue weighted by atomic mass is 28.3. The van der Waals surface area contributed by atoms with Gasteiger partial charge in [0.15, 0.2) is 0 Å². The van der Waals surface area contributed by atoms with Crippen LogP contribution in [0.15, 0.2) is 30.3 Å². The third-order valence-electron chi connectivity index (χ3n) is 6.17. The Hall–Kier alpha value is -0.763. The Balaban J connectivity index is 1.77. The number of para-hydroxylation sites is 1. The summed E-state index contributed by atoms with van der Waals surface area (Å²) in [5.74, 6) is 3.08. The van der Waals surface area contributed by atoms with Gasteiger partial charge >= 0.3 is 0 Å². The van der Waals surface area contributed by atoms with Crippen molar-refractivity contribution < 1.29 is 0 Å². The molecule has 1 aromatic rings. The zero-order valence-electron chi connectivity index (χ0n) is 13.8. The lowest BCUT2D eigenvalue weighted by Crippen LogP contribution is -2.67. The molecule has 0 saturated heterocycles. The summed E-state index contributed by atoms with van der Waals surface area (Å²) in [6, 6.07) is 11.3. The molecule has 0 N–H and O–H groups in total. The maximum absolute atomic E-state index is 2.95. The largest absolute Gasteiger partial charge is 0.393 e. The molecule has 0 aromatic heterocycles. The van der Waals surface area contributed by atoms with E-state index in [4.69, 9.17) is 0 Å². The van der Waals surface area contributed by atoms with Crippen LogP contribution in [0, 0.1) is 17.8 Å². The van der Waals surface area contributed by atoms with Gasteiger partial charge < -0.3 is 4.57 Å². The van der Waals surface area contributed by atoms with Gasteiger partial charge in [-0.25, -0.2) is 0 Å². The summed E-state index contributed by atoms with van der Waals surface area (Å²) < 4.78 is 2.95. The smallest absolute Gasteiger partial charge is 0.148 e. The first-order valence-electron chi connectivity index (χ1n) is 8.82. The van der Waals surface area contributed by atoms with Crippen LogP contribution in [0.3, 0.4) is 0 Å². The van der Waals surface area contributed by atoms with Gasteiger partial charge in [-0.2, -0.15) is 0 Å². The van der Waals surface area contributed by atoms with Crippen LogP contribution in [0.1, 0.15) is 38.5 Å². The molecule has 0 amide bonds. The minimum Gasteiger partial charge on any atom is -0.393 e. The number of anilines is 1. The molecule has 0 unspecified atom stereocenters. The van der Waals surface area contributed by atoms with Crippen LogP contribution in [0.25, 0.3) is 0 Å². The Morgan fingerprint density at radius 1 is 0.857 bits per heavy atom. The number of hydrogen-bond donors (Lipinski definition) is 0. The summed E-state index contributed by atoms with van der Waals surface area (Å²) in [5.41, 5.74) is 2.00. The maximum Gasteiger partial charge on any atom is 0.148 e. The Kier molecular flexibility index (Phi) is 3.05. The van der Waals surface area contributed by atoms with Crippen LogP contribution in [0.4, 0.5) is 5.69 Å². The van der Waals surface area contributed by atoms with Crippen molar-refractivity contribution in [3.05, 3.63) is 30.3 Å². The molecule has 114 valence electrons. The van der Waals surface area contributed by atoms with Gasteiger partial charge in [0, 0.05) is 11.2 Å². The monoisotopic (exact) mass is 299 g/mol. The van der Waals surface area contributed by atoms with Crippen molar-refractivity contribution in [3.8, 4) is 0 Å². The number of hydrogen-bond acceptors (Lipinski definition) is 1. The molecular formula is C19H29NSi. The van der Waals surface area contributed by atoms with Crippen LogP contribution in [0.5, 0.6) is 0 Å². The van der Waals surface area contributed by atoms with Gasteiger partial charge in [-0.15, -0.1) is 0 Å². The van der Waals surface area contributed by atoms with Gasteiger partial charge in [-0.1, -0.05) is 37.8 Å². The predicted octanol–water partition coefficient (Wildman–Crippen LogP) is 5.30. The summed E-state index contributed by atoms with van der Waals surface area (Å²) in [6.07, 6.45) is 9.02. The maximum atomic E-state index is 2.95. The summed E-state index contributed by atoms with van der Waals surface area (Å²) in [6.45, 7) is 7.62. The normalized spacial score (nSPS) is 37.8. The number of nitrogens with zero attached hydrogens (tertiary/aromatic N) is 1. The highest BCUT2D eigenvalue weighted by Gasteiger charge is 2.55. The molecule has 0 spiro atoms. The van der Waals surface area contributed by atoms with E-state index in [2.05, 4.69) is 54.5 Å².